The van der Waals surface area contributed by atoms with E-state index in [2.05, 4.69) is 24.5 Å². The molecule has 0 aliphatic rings. The van der Waals surface area contributed by atoms with Crippen LogP contribution in [0.4, 0.5) is 0 Å². The maximum Gasteiger partial charge on any atom is 0.275 e. The summed E-state index contributed by atoms with van der Waals surface area (Å²) in [6, 6.07) is 0. The molecule has 0 bridgehead atoms. The fourth-order valence-corrected chi connectivity index (χ4v) is 5.34. The molecule has 7 nitrogen and oxygen atoms in total. The highest BCUT2D eigenvalue weighted by Gasteiger charge is 2.23. The number of ether oxygens (including phenoxy) is 2. The number of nitrogens with one attached hydrogen (secondary N) is 2. The zero-order chi connectivity index (χ0) is 31.7. The minimum absolute atomic E-state index is 0.0205. The third-order valence-electron chi connectivity index (χ3n) is 8.00. The summed E-state index contributed by atoms with van der Waals surface area (Å²) < 4.78 is 11.8. The predicted octanol–water partition coefficient (Wildman–Crippen LogP) is 7.95. The molecule has 0 atom stereocenters. The molecule has 0 aromatic rings. The van der Waals surface area contributed by atoms with Crippen molar-refractivity contribution in [1.82, 2.24) is 10.6 Å². The van der Waals surface area contributed by atoms with Crippen LogP contribution in [0.2, 0.25) is 0 Å². The Morgan fingerprint density at radius 3 is 1.05 bits per heavy atom. The molecular formula is C36H74N3O4+. The monoisotopic (exact) mass is 613 g/mol. The van der Waals surface area contributed by atoms with Gasteiger partial charge in [-0.15, -0.1) is 0 Å². The number of unbranched alkanes of at least 4 members (excludes halogenated alkanes) is 18. The molecule has 0 unspecified atom stereocenters. The van der Waals surface area contributed by atoms with Crippen molar-refractivity contribution < 1.29 is 23.5 Å². The summed E-state index contributed by atoms with van der Waals surface area (Å²) in [5, 5.41) is 5.94. The summed E-state index contributed by atoms with van der Waals surface area (Å²) in [5.74, 6) is -0.0410. The molecule has 0 aromatic carbocycles. The van der Waals surface area contributed by atoms with Crippen LogP contribution in [-0.4, -0.2) is 83.0 Å². The van der Waals surface area contributed by atoms with Gasteiger partial charge in [-0.05, 0) is 25.7 Å². The van der Waals surface area contributed by atoms with Gasteiger partial charge in [0.2, 0.25) is 0 Å². The normalized spacial score (nSPS) is 11.6. The van der Waals surface area contributed by atoms with E-state index in [-0.39, 0.29) is 24.9 Å². The second-order valence-electron chi connectivity index (χ2n) is 13.2. The minimum Gasteiger partial charge on any atom is -0.381 e. The van der Waals surface area contributed by atoms with Gasteiger partial charge in [-0.25, -0.2) is 0 Å². The molecule has 0 fully saturated rings. The topological polar surface area (TPSA) is 76.7 Å². The Bertz CT molecular complexity index is 565. The van der Waals surface area contributed by atoms with Gasteiger partial charge in [0.1, 0.15) is 0 Å². The Kier molecular flexibility index (Phi) is 31.3. The average Bonchev–Trinajstić information content (AvgIpc) is 2.96. The first-order valence-corrected chi connectivity index (χ1v) is 18.4. The van der Waals surface area contributed by atoms with Crippen LogP contribution in [0.5, 0.6) is 0 Å². The summed E-state index contributed by atoms with van der Waals surface area (Å²) >= 11 is 0. The molecule has 256 valence electrons. The van der Waals surface area contributed by atoms with Crippen molar-refractivity contribution in [1.29, 1.82) is 0 Å². The van der Waals surface area contributed by atoms with Crippen LogP contribution in [0.15, 0.2) is 0 Å². The van der Waals surface area contributed by atoms with Gasteiger partial charge in [0.05, 0.1) is 14.1 Å². The quantitative estimate of drug-likeness (QED) is 0.0571. The lowest BCUT2D eigenvalue weighted by molar-refractivity contribution is -0.874. The molecule has 2 N–H and O–H groups in total. The standard InChI is InChI=1S/C36H73N3O4/c1-5-7-9-11-13-15-17-19-21-23-29-42-31-25-27-37-35(40)33-39(3,4)34-36(41)38-28-26-32-43-30-24-22-20-18-16-14-12-10-8-6-2/h5-34H2,1-4H3,(H-,37,38,40,41)/p+1. The molecule has 7 heteroatoms. The van der Waals surface area contributed by atoms with E-state index in [0.717, 1.165) is 38.9 Å². The first kappa shape index (κ1) is 41.8. The number of amides is 2. The zero-order valence-electron chi connectivity index (χ0n) is 29.3. The Morgan fingerprint density at radius 1 is 0.442 bits per heavy atom. The third-order valence-corrected chi connectivity index (χ3v) is 8.00. The van der Waals surface area contributed by atoms with Crippen LogP contribution < -0.4 is 10.6 Å². The van der Waals surface area contributed by atoms with Crippen molar-refractivity contribution in [3.05, 3.63) is 0 Å². The first-order chi connectivity index (χ1) is 20.9. The molecule has 0 rings (SSSR count). The van der Waals surface area contributed by atoms with Crippen LogP contribution >= 0.6 is 0 Å². The number of quaternary nitrogens is 1. The van der Waals surface area contributed by atoms with E-state index in [1.54, 1.807) is 0 Å². The Labute approximate surface area is 267 Å². The van der Waals surface area contributed by atoms with E-state index in [0.29, 0.717) is 30.8 Å². The van der Waals surface area contributed by atoms with Crippen LogP contribution in [0, 0.1) is 0 Å². The molecule has 0 saturated heterocycles. The molecule has 0 radical (unpaired) electrons. The van der Waals surface area contributed by atoms with E-state index >= 15 is 0 Å². The average molecular weight is 613 g/mol. The second kappa shape index (κ2) is 32.2. The van der Waals surface area contributed by atoms with Gasteiger partial charge in [-0.2, -0.15) is 0 Å². The maximum absolute atomic E-state index is 12.4. The van der Waals surface area contributed by atoms with Gasteiger partial charge in [0.25, 0.3) is 11.8 Å². The van der Waals surface area contributed by atoms with Crippen molar-refractivity contribution in [2.24, 2.45) is 0 Å². The van der Waals surface area contributed by atoms with E-state index in [4.69, 9.17) is 9.47 Å². The van der Waals surface area contributed by atoms with Crippen LogP contribution in [0.25, 0.3) is 0 Å². The third kappa shape index (κ3) is 33.5. The summed E-state index contributed by atoms with van der Waals surface area (Å²) in [6.45, 7) is 9.32. The van der Waals surface area contributed by atoms with Crippen molar-refractivity contribution in [2.45, 2.75) is 155 Å². The van der Waals surface area contributed by atoms with Gasteiger partial charge in [0, 0.05) is 39.5 Å². The molecule has 43 heavy (non-hydrogen) atoms. The van der Waals surface area contributed by atoms with Gasteiger partial charge in [0.15, 0.2) is 13.1 Å². The highest BCUT2D eigenvalue weighted by Crippen LogP contribution is 2.11. The minimum atomic E-state index is -0.0205. The number of likely N-dealkylation sites (N-methyl/N-ethyl adjacent to an activating group) is 1. The summed E-state index contributed by atoms with van der Waals surface area (Å²) in [5.41, 5.74) is 0. The van der Waals surface area contributed by atoms with Crippen LogP contribution in [0.1, 0.15) is 155 Å². The molecule has 2 amide bonds. The highest BCUT2D eigenvalue weighted by atomic mass is 16.5. The molecule has 0 heterocycles. The predicted molar refractivity (Wildman–Crippen MR) is 182 cm³/mol. The molecule has 0 aromatic heterocycles. The van der Waals surface area contributed by atoms with E-state index < -0.39 is 0 Å². The summed E-state index contributed by atoms with van der Waals surface area (Å²) in [7, 11) is 3.84. The largest absolute Gasteiger partial charge is 0.381 e. The maximum atomic E-state index is 12.4. The Hall–Kier alpha value is -1.18. The van der Waals surface area contributed by atoms with Gasteiger partial charge < -0.3 is 24.6 Å². The SMILES string of the molecule is CCCCCCCCCCCCOCCCNC(=O)C[N+](C)(C)CC(=O)NCCCOCCCCCCCCCCCC. The Balaban J connectivity index is 3.52. The number of carbonyl (C=O) groups excluding carboxylic acids is 2. The fourth-order valence-electron chi connectivity index (χ4n) is 5.34. The number of carbonyl (C=O) groups is 2. The highest BCUT2D eigenvalue weighted by molar-refractivity contribution is 5.79. The smallest absolute Gasteiger partial charge is 0.275 e. The van der Waals surface area contributed by atoms with Crippen molar-refractivity contribution in [2.75, 3.05) is 66.7 Å². The lowest BCUT2D eigenvalue weighted by Crippen LogP contribution is -2.52. The van der Waals surface area contributed by atoms with Crippen LogP contribution in [0.3, 0.4) is 0 Å². The van der Waals surface area contributed by atoms with Gasteiger partial charge >= 0.3 is 0 Å². The summed E-state index contributed by atoms with van der Waals surface area (Å²) in [4.78, 5) is 24.7. The second-order valence-corrected chi connectivity index (χ2v) is 13.2. The van der Waals surface area contributed by atoms with E-state index in [9.17, 15) is 9.59 Å². The van der Waals surface area contributed by atoms with E-state index in [1.807, 2.05) is 14.1 Å². The molecule has 0 spiro atoms. The zero-order valence-corrected chi connectivity index (χ0v) is 29.3. The van der Waals surface area contributed by atoms with Crippen molar-refractivity contribution in [3.63, 3.8) is 0 Å². The number of nitrogens with zero attached hydrogens (tertiary/aromatic N) is 1. The van der Waals surface area contributed by atoms with E-state index in [1.165, 1.54) is 116 Å². The van der Waals surface area contributed by atoms with Gasteiger partial charge in [-0.3, -0.25) is 9.59 Å². The number of hydrogen-bond acceptors (Lipinski definition) is 4. The van der Waals surface area contributed by atoms with Crippen LogP contribution in [-0.2, 0) is 19.1 Å². The first-order valence-electron chi connectivity index (χ1n) is 18.4. The molecular weight excluding hydrogens is 538 g/mol. The summed E-state index contributed by atoms with van der Waals surface area (Å²) in [6.07, 6.45) is 28.2. The fraction of sp³-hybridized carbons (Fsp3) is 0.944. The number of rotatable bonds is 34. The molecule has 0 saturated carbocycles. The number of hydrogen-bond donors (Lipinski definition) is 2. The van der Waals surface area contributed by atoms with Crippen molar-refractivity contribution >= 4 is 11.8 Å². The molecule has 0 aliphatic carbocycles. The lowest BCUT2D eigenvalue weighted by Gasteiger charge is -2.28. The Morgan fingerprint density at radius 2 is 0.721 bits per heavy atom. The molecule has 0 aliphatic heterocycles. The van der Waals surface area contributed by atoms with Gasteiger partial charge in [-0.1, -0.05) is 129 Å². The lowest BCUT2D eigenvalue weighted by atomic mass is 10.1. The van der Waals surface area contributed by atoms with Crippen molar-refractivity contribution in [3.8, 4) is 0 Å².